The van der Waals surface area contributed by atoms with Crippen LogP contribution in [-0.4, -0.2) is 49.1 Å². The van der Waals surface area contributed by atoms with E-state index in [0.29, 0.717) is 25.5 Å². The summed E-state index contributed by atoms with van der Waals surface area (Å²) in [5.74, 6) is 0.516. The SMILES string of the molecule is CCCC1NC(=O)CN(CCCOCC(C)C)C1=O. The molecule has 0 aromatic heterocycles. The van der Waals surface area contributed by atoms with E-state index in [-0.39, 0.29) is 24.4 Å². The summed E-state index contributed by atoms with van der Waals surface area (Å²) < 4.78 is 5.48. The molecule has 1 atom stereocenters. The van der Waals surface area contributed by atoms with Gasteiger partial charge in [0.25, 0.3) is 0 Å². The maximum Gasteiger partial charge on any atom is 0.245 e. The number of piperazine rings is 1. The molecule has 0 radical (unpaired) electrons. The predicted octanol–water partition coefficient (Wildman–Crippen LogP) is 1.18. The number of rotatable bonds is 8. The minimum absolute atomic E-state index is 0.0466. The predicted molar refractivity (Wildman–Crippen MR) is 73.7 cm³/mol. The molecule has 5 nitrogen and oxygen atoms in total. The van der Waals surface area contributed by atoms with Crippen LogP contribution in [0.5, 0.6) is 0 Å². The van der Waals surface area contributed by atoms with Crippen molar-refractivity contribution in [3.8, 4) is 0 Å². The first-order valence-corrected chi connectivity index (χ1v) is 7.20. The summed E-state index contributed by atoms with van der Waals surface area (Å²) in [7, 11) is 0. The van der Waals surface area contributed by atoms with Gasteiger partial charge in [0.15, 0.2) is 0 Å². The van der Waals surface area contributed by atoms with Crippen LogP contribution in [0, 0.1) is 5.92 Å². The zero-order valence-corrected chi connectivity index (χ0v) is 12.3. The Bertz CT molecular complexity index is 305. The molecule has 5 heteroatoms. The van der Waals surface area contributed by atoms with E-state index in [0.717, 1.165) is 19.4 Å². The first-order valence-electron chi connectivity index (χ1n) is 7.20. The number of ether oxygens (including phenoxy) is 1. The van der Waals surface area contributed by atoms with E-state index in [1.807, 2.05) is 6.92 Å². The molecule has 1 aliphatic heterocycles. The molecular weight excluding hydrogens is 244 g/mol. The highest BCUT2D eigenvalue weighted by Gasteiger charge is 2.31. The van der Waals surface area contributed by atoms with E-state index >= 15 is 0 Å². The summed E-state index contributed by atoms with van der Waals surface area (Å²) in [5.41, 5.74) is 0. The number of carbonyl (C=O) groups is 2. The van der Waals surface area contributed by atoms with Gasteiger partial charge in [0, 0.05) is 19.8 Å². The summed E-state index contributed by atoms with van der Waals surface area (Å²) >= 11 is 0. The normalized spacial score (nSPS) is 20.0. The zero-order chi connectivity index (χ0) is 14.3. The largest absolute Gasteiger partial charge is 0.381 e. The number of hydrogen-bond donors (Lipinski definition) is 1. The first-order chi connectivity index (χ1) is 9.04. The van der Waals surface area contributed by atoms with E-state index in [4.69, 9.17) is 4.74 Å². The molecule has 0 aromatic rings. The van der Waals surface area contributed by atoms with Crippen LogP contribution in [0.4, 0.5) is 0 Å². The van der Waals surface area contributed by atoms with Gasteiger partial charge in [-0.1, -0.05) is 27.2 Å². The molecule has 0 spiro atoms. The molecule has 1 heterocycles. The van der Waals surface area contributed by atoms with E-state index in [1.54, 1.807) is 4.90 Å². The highest BCUT2D eigenvalue weighted by molar-refractivity contribution is 5.94. The van der Waals surface area contributed by atoms with E-state index < -0.39 is 0 Å². The van der Waals surface area contributed by atoms with Gasteiger partial charge in [0.1, 0.15) is 6.04 Å². The van der Waals surface area contributed by atoms with Gasteiger partial charge in [0.05, 0.1) is 6.54 Å². The molecule has 110 valence electrons. The Morgan fingerprint density at radius 1 is 1.42 bits per heavy atom. The quantitative estimate of drug-likeness (QED) is 0.674. The van der Waals surface area contributed by atoms with Crippen molar-refractivity contribution in [2.45, 2.75) is 46.1 Å². The molecule has 1 aliphatic rings. The van der Waals surface area contributed by atoms with E-state index in [1.165, 1.54) is 0 Å². The average molecular weight is 270 g/mol. The third-order valence-electron chi connectivity index (χ3n) is 3.02. The molecule has 2 amide bonds. The molecule has 0 aromatic carbocycles. The fourth-order valence-corrected chi connectivity index (χ4v) is 2.12. The van der Waals surface area contributed by atoms with Crippen LogP contribution in [0.1, 0.15) is 40.0 Å². The molecule has 19 heavy (non-hydrogen) atoms. The molecule has 0 aliphatic carbocycles. The van der Waals surface area contributed by atoms with Gasteiger partial charge in [-0.3, -0.25) is 9.59 Å². The van der Waals surface area contributed by atoms with Crippen molar-refractivity contribution < 1.29 is 14.3 Å². The Morgan fingerprint density at radius 3 is 2.79 bits per heavy atom. The lowest BCUT2D eigenvalue weighted by Crippen LogP contribution is -2.58. The fourth-order valence-electron chi connectivity index (χ4n) is 2.12. The molecule has 1 fully saturated rings. The Hall–Kier alpha value is -1.10. The third kappa shape index (κ3) is 5.59. The maximum absolute atomic E-state index is 12.1. The second-order valence-electron chi connectivity index (χ2n) is 5.49. The van der Waals surface area contributed by atoms with Gasteiger partial charge in [-0.15, -0.1) is 0 Å². The van der Waals surface area contributed by atoms with Crippen molar-refractivity contribution in [2.24, 2.45) is 5.92 Å². The van der Waals surface area contributed by atoms with E-state index in [2.05, 4.69) is 19.2 Å². The molecule has 0 saturated carbocycles. The van der Waals surface area contributed by atoms with Crippen LogP contribution in [-0.2, 0) is 14.3 Å². The minimum atomic E-state index is -0.331. The van der Waals surface area contributed by atoms with Crippen molar-refractivity contribution in [3.05, 3.63) is 0 Å². The van der Waals surface area contributed by atoms with Crippen molar-refractivity contribution in [1.82, 2.24) is 10.2 Å². The number of amides is 2. The van der Waals surface area contributed by atoms with Crippen LogP contribution >= 0.6 is 0 Å². The van der Waals surface area contributed by atoms with Crippen molar-refractivity contribution in [1.29, 1.82) is 0 Å². The Labute approximate surface area is 115 Å². The lowest BCUT2D eigenvalue weighted by molar-refractivity contribution is -0.144. The molecular formula is C14H26N2O3. The summed E-state index contributed by atoms with van der Waals surface area (Å²) in [6, 6.07) is -0.331. The summed E-state index contributed by atoms with van der Waals surface area (Å²) in [4.78, 5) is 25.3. The van der Waals surface area contributed by atoms with Crippen molar-refractivity contribution in [2.75, 3.05) is 26.3 Å². The van der Waals surface area contributed by atoms with Gasteiger partial charge < -0.3 is 15.0 Å². The summed E-state index contributed by atoms with van der Waals surface area (Å²) in [6.07, 6.45) is 2.39. The van der Waals surface area contributed by atoms with Gasteiger partial charge >= 0.3 is 0 Å². The number of carbonyl (C=O) groups excluding carboxylic acids is 2. The van der Waals surface area contributed by atoms with Crippen LogP contribution in [0.15, 0.2) is 0 Å². The second-order valence-corrected chi connectivity index (χ2v) is 5.49. The summed E-state index contributed by atoms with van der Waals surface area (Å²) in [5, 5.41) is 2.75. The van der Waals surface area contributed by atoms with Gasteiger partial charge in [0.2, 0.25) is 11.8 Å². The Morgan fingerprint density at radius 2 is 2.16 bits per heavy atom. The lowest BCUT2D eigenvalue weighted by atomic mass is 10.1. The smallest absolute Gasteiger partial charge is 0.245 e. The molecule has 1 rings (SSSR count). The highest BCUT2D eigenvalue weighted by atomic mass is 16.5. The average Bonchev–Trinajstić information content (AvgIpc) is 2.34. The molecule has 1 saturated heterocycles. The van der Waals surface area contributed by atoms with Crippen LogP contribution in [0.2, 0.25) is 0 Å². The number of nitrogens with one attached hydrogen (secondary N) is 1. The van der Waals surface area contributed by atoms with E-state index in [9.17, 15) is 9.59 Å². The molecule has 0 bridgehead atoms. The summed E-state index contributed by atoms with van der Waals surface area (Å²) in [6.45, 7) is 8.39. The van der Waals surface area contributed by atoms with Crippen LogP contribution in [0.25, 0.3) is 0 Å². The van der Waals surface area contributed by atoms with Gasteiger partial charge in [-0.05, 0) is 18.8 Å². The maximum atomic E-state index is 12.1. The van der Waals surface area contributed by atoms with Gasteiger partial charge in [-0.25, -0.2) is 0 Å². The topological polar surface area (TPSA) is 58.6 Å². The molecule has 1 N–H and O–H groups in total. The van der Waals surface area contributed by atoms with Crippen LogP contribution < -0.4 is 5.32 Å². The Kier molecular flexibility index (Phi) is 6.84. The second kappa shape index (κ2) is 8.15. The Balaban J connectivity index is 2.31. The highest BCUT2D eigenvalue weighted by Crippen LogP contribution is 2.08. The minimum Gasteiger partial charge on any atom is -0.381 e. The van der Waals surface area contributed by atoms with Gasteiger partial charge in [-0.2, -0.15) is 0 Å². The van der Waals surface area contributed by atoms with Crippen molar-refractivity contribution in [3.63, 3.8) is 0 Å². The number of hydrogen-bond acceptors (Lipinski definition) is 3. The monoisotopic (exact) mass is 270 g/mol. The lowest BCUT2D eigenvalue weighted by Gasteiger charge is -2.32. The van der Waals surface area contributed by atoms with Crippen molar-refractivity contribution >= 4 is 11.8 Å². The standard InChI is InChI=1S/C14H26N2O3/c1-4-6-12-14(18)16(9-13(17)15-12)7-5-8-19-10-11(2)3/h11-12H,4-10H2,1-3H3,(H,15,17). The van der Waals surface area contributed by atoms with Crippen LogP contribution in [0.3, 0.4) is 0 Å². The fraction of sp³-hybridized carbons (Fsp3) is 0.857. The molecule has 1 unspecified atom stereocenters. The first kappa shape index (κ1) is 16.0. The zero-order valence-electron chi connectivity index (χ0n) is 12.3. The third-order valence-corrected chi connectivity index (χ3v) is 3.02. The number of nitrogens with zero attached hydrogens (tertiary/aromatic N) is 1.